The van der Waals surface area contributed by atoms with Crippen molar-refractivity contribution in [3.63, 3.8) is 0 Å². The van der Waals surface area contributed by atoms with Crippen molar-refractivity contribution in [2.75, 3.05) is 0 Å². The predicted octanol–water partition coefficient (Wildman–Crippen LogP) is 0.853. The molecule has 2 N–H and O–H groups in total. The minimum Gasteiger partial charge on any atom is -0.336 e. The van der Waals surface area contributed by atoms with Crippen molar-refractivity contribution in [3.05, 3.63) is 26.7 Å². The summed E-state index contributed by atoms with van der Waals surface area (Å²) in [5.41, 5.74) is 0.0200. The zero-order valence-corrected chi connectivity index (χ0v) is 10.5. The van der Waals surface area contributed by atoms with Gasteiger partial charge in [0.2, 0.25) is 0 Å². The lowest BCUT2D eigenvalue weighted by Gasteiger charge is -2.11. The fourth-order valence-electron chi connectivity index (χ4n) is 2.85. The maximum absolute atomic E-state index is 11.7. The lowest BCUT2D eigenvalue weighted by molar-refractivity contribution is 0.514. The molecule has 2 atom stereocenters. The number of aromatic amines is 2. The molecule has 0 saturated heterocycles. The Bertz CT molecular complexity index is 709. The van der Waals surface area contributed by atoms with Crippen LogP contribution in [0.15, 0.2) is 9.59 Å². The van der Waals surface area contributed by atoms with Crippen LogP contribution in [0.4, 0.5) is 0 Å². The summed E-state index contributed by atoms with van der Waals surface area (Å²) in [6.07, 6.45) is 3.47. The molecule has 0 amide bonds. The molecule has 1 aliphatic rings. The standard InChI is InChI=1S/C12H16N4O2/c1-6-4-3-5-7(6)9-13-8-10(14-9)16(2)12(18)15-11(8)17/h6-7H,3-5H2,1-2H3,(H,13,14)(H,15,17,18). The van der Waals surface area contributed by atoms with E-state index in [1.807, 2.05) is 0 Å². The number of hydrogen-bond acceptors (Lipinski definition) is 3. The minimum atomic E-state index is -0.426. The van der Waals surface area contributed by atoms with Crippen LogP contribution in [0.2, 0.25) is 0 Å². The molecule has 2 heterocycles. The van der Waals surface area contributed by atoms with Gasteiger partial charge in [-0.1, -0.05) is 13.3 Å². The summed E-state index contributed by atoms with van der Waals surface area (Å²) in [7, 11) is 1.61. The van der Waals surface area contributed by atoms with Gasteiger partial charge in [-0.05, 0) is 18.8 Å². The number of rotatable bonds is 1. The smallest absolute Gasteiger partial charge is 0.329 e. The molecule has 0 aromatic carbocycles. The molecular weight excluding hydrogens is 232 g/mol. The van der Waals surface area contributed by atoms with E-state index in [0.29, 0.717) is 23.0 Å². The van der Waals surface area contributed by atoms with Crippen LogP contribution in [-0.2, 0) is 7.05 Å². The zero-order chi connectivity index (χ0) is 12.9. The number of nitrogens with one attached hydrogen (secondary N) is 2. The van der Waals surface area contributed by atoms with Gasteiger partial charge in [-0.25, -0.2) is 9.78 Å². The van der Waals surface area contributed by atoms with Crippen LogP contribution < -0.4 is 11.2 Å². The molecule has 1 aliphatic carbocycles. The summed E-state index contributed by atoms with van der Waals surface area (Å²) in [6.45, 7) is 2.20. The SMILES string of the molecule is CC1CCCC1c1nc2c([nH]1)c(=O)[nH]c(=O)n2C. The molecule has 1 saturated carbocycles. The van der Waals surface area contributed by atoms with Crippen LogP contribution >= 0.6 is 0 Å². The van der Waals surface area contributed by atoms with E-state index in [4.69, 9.17) is 0 Å². The Hall–Kier alpha value is -1.85. The molecule has 2 aromatic rings. The van der Waals surface area contributed by atoms with Crippen molar-refractivity contribution in [2.24, 2.45) is 13.0 Å². The number of imidazole rings is 1. The first-order valence-corrected chi connectivity index (χ1v) is 6.27. The van der Waals surface area contributed by atoms with Crippen LogP contribution in [-0.4, -0.2) is 19.5 Å². The molecule has 0 spiro atoms. The second-order valence-electron chi connectivity index (χ2n) is 5.15. The Balaban J connectivity index is 2.22. The first kappa shape index (κ1) is 11.3. The lowest BCUT2D eigenvalue weighted by atomic mass is 9.98. The summed E-state index contributed by atoms with van der Waals surface area (Å²) < 4.78 is 1.37. The van der Waals surface area contributed by atoms with Crippen LogP contribution in [0.3, 0.4) is 0 Å². The Morgan fingerprint density at radius 1 is 1.28 bits per heavy atom. The normalized spacial score (nSPS) is 23.9. The fraction of sp³-hybridized carbons (Fsp3) is 0.583. The van der Waals surface area contributed by atoms with Gasteiger partial charge < -0.3 is 4.98 Å². The van der Waals surface area contributed by atoms with Crippen molar-refractivity contribution in [3.8, 4) is 0 Å². The predicted molar refractivity (Wildman–Crippen MR) is 67.7 cm³/mol. The van der Waals surface area contributed by atoms with Gasteiger partial charge in [0.05, 0.1) is 0 Å². The Labute approximate surface area is 103 Å². The number of hydrogen-bond donors (Lipinski definition) is 2. The zero-order valence-electron chi connectivity index (χ0n) is 10.5. The number of H-pyrrole nitrogens is 2. The largest absolute Gasteiger partial charge is 0.336 e. The van der Waals surface area contributed by atoms with Gasteiger partial charge in [0.15, 0.2) is 5.65 Å². The quantitative estimate of drug-likeness (QED) is 0.784. The van der Waals surface area contributed by atoms with Gasteiger partial charge in [-0.15, -0.1) is 0 Å². The fourth-order valence-corrected chi connectivity index (χ4v) is 2.85. The monoisotopic (exact) mass is 248 g/mol. The van der Waals surface area contributed by atoms with Crippen LogP contribution in [0, 0.1) is 5.92 Å². The van der Waals surface area contributed by atoms with E-state index < -0.39 is 11.2 Å². The second-order valence-corrected chi connectivity index (χ2v) is 5.15. The topological polar surface area (TPSA) is 83.5 Å². The number of aromatic nitrogens is 4. The Kier molecular flexibility index (Phi) is 2.39. The van der Waals surface area contributed by atoms with Crippen LogP contribution in [0.25, 0.3) is 11.2 Å². The van der Waals surface area contributed by atoms with Crippen LogP contribution in [0.1, 0.15) is 37.9 Å². The van der Waals surface area contributed by atoms with Gasteiger partial charge in [0.25, 0.3) is 5.56 Å². The van der Waals surface area contributed by atoms with Crippen molar-refractivity contribution >= 4 is 11.2 Å². The third-order valence-corrected chi connectivity index (χ3v) is 3.99. The molecule has 3 rings (SSSR count). The maximum atomic E-state index is 11.7. The molecule has 0 aliphatic heterocycles. The van der Waals surface area contributed by atoms with E-state index in [9.17, 15) is 9.59 Å². The van der Waals surface area contributed by atoms with Crippen LogP contribution in [0.5, 0.6) is 0 Å². The van der Waals surface area contributed by atoms with E-state index in [0.717, 1.165) is 12.2 Å². The van der Waals surface area contributed by atoms with Crippen molar-refractivity contribution in [1.82, 2.24) is 19.5 Å². The van der Waals surface area contributed by atoms with Gasteiger partial charge in [-0.3, -0.25) is 14.3 Å². The maximum Gasteiger partial charge on any atom is 0.329 e. The van der Waals surface area contributed by atoms with Crippen molar-refractivity contribution in [2.45, 2.75) is 32.1 Å². The third kappa shape index (κ3) is 1.52. The summed E-state index contributed by atoms with van der Waals surface area (Å²) in [5.74, 6) is 1.77. The van der Waals surface area contributed by atoms with Gasteiger partial charge in [0.1, 0.15) is 11.3 Å². The first-order valence-electron chi connectivity index (χ1n) is 6.27. The highest BCUT2D eigenvalue weighted by Gasteiger charge is 2.28. The lowest BCUT2D eigenvalue weighted by Crippen LogP contribution is -2.28. The van der Waals surface area contributed by atoms with Gasteiger partial charge in [0, 0.05) is 13.0 Å². The van der Waals surface area contributed by atoms with E-state index in [1.54, 1.807) is 7.05 Å². The van der Waals surface area contributed by atoms with E-state index >= 15 is 0 Å². The molecule has 18 heavy (non-hydrogen) atoms. The molecule has 0 bridgehead atoms. The molecule has 96 valence electrons. The molecule has 6 nitrogen and oxygen atoms in total. The molecule has 0 radical (unpaired) electrons. The van der Waals surface area contributed by atoms with Crippen molar-refractivity contribution in [1.29, 1.82) is 0 Å². The molecule has 6 heteroatoms. The van der Waals surface area contributed by atoms with E-state index in [1.165, 1.54) is 17.4 Å². The highest BCUT2D eigenvalue weighted by atomic mass is 16.2. The highest BCUT2D eigenvalue weighted by Crippen LogP contribution is 2.38. The van der Waals surface area contributed by atoms with E-state index in [2.05, 4.69) is 21.9 Å². The molecule has 1 fully saturated rings. The third-order valence-electron chi connectivity index (χ3n) is 3.99. The van der Waals surface area contributed by atoms with Gasteiger partial charge >= 0.3 is 5.69 Å². The summed E-state index contributed by atoms with van der Waals surface area (Å²) in [6, 6.07) is 0. The summed E-state index contributed by atoms with van der Waals surface area (Å²) in [5, 5.41) is 0. The van der Waals surface area contributed by atoms with E-state index in [-0.39, 0.29) is 0 Å². The number of fused-ring (bicyclic) bond motifs is 1. The molecule has 2 unspecified atom stereocenters. The molecular formula is C12H16N4O2. The number of aryl methyl sites for hydroxylation is 1. The Morgan fingerprint density at radius 3 is 2.72 bits per heavy atom. The van der Waals surface area contributed by atoms with Gasteiger partial charge in [-0.2, -0.15) is 0 Å². The second kappa shape index (κ2) is 3.83. The molecule has 2 aromatic heterocycles. The summed E-state index contributed by atoms with van der Waals surface area (Å²) in [4.78, 5) is 33.0. The average molecular weight is 248 g/mol. The highest BCUT2D eigenvalue weighted by molar-refractivity contribution is 5.69. The summed E-state index contributed by atoms with van der Waals surface area (Å²) >= 11 is 0. The number of nitrogens with zero attached hydrogens (tertiary/aromatic N) is 2. The van der Waals surface area contributed by atoms with Crippen molar-refractivity contribution < 1.29 is 0 Å². The minimum absolute atomic E-state index is 0.368. The Morgan fingerprint density at radius 2 is 2.06 bits per heavy atom. The average Bonchev–Trinajstić information content (AvgIpc) is 2.92. The first-order chi connectivity index (χ1) is 8.58.